The number of carbonyl (C=O) groups is 1. The van der Waals surface area contributed by atoms with Gasteiger partial charge < -0.3 is 11.1 Å². The maximum absolute atomic E-state index is 12.0. The molecular weight excluding hydrogens is 212 g/mol. The van der Waals surface area contributed by atoms with Crippen molar-refractivity contribution in [2.45, 2.75) is 65.3 Å². The van der Waals surface area contributed by atoms with Crippen LogP contribution in [0.4, 0.5) is 0 Å². The van der Waals surface area contributed by atoms with Gasteiger partial charge in [-0.1, -0.05) is 20.8 Å². The summed E-state index contributed by atoms with van der Waals surface area (Å²) in [5, 5.41) is 3.14. The number of nitrogens with one attached hydrogen (secondary N) is 1. The first-order valence-electron chi connectivity index (χ1n) is 7.10. The summed E-state index contributed by atoms with van der Waals surface area (Å²) in [5.41, 5.74) is 6.13. The lowest BCUT2D eigenvalue weighted by atomic mass is 9.79. The summed E-state index contributed by atoms with van der Waals surface area (Å²) < 4.78 is 0. The van der Waals surface area contributed by atoms with Gasteiger partial charge in [-0.2, -0.15) is 0 Å². The van der Waals surface area contributed by atoms with Gasteiger partial charge in [0.1, 0.15) is 0 Å². The van der Waals surface area contributed by atoms with E-state index in [1.807, 2.05) is 0 Å². The summed E-state index contributed by atoms with van der Waals surface area (Å²) in [4.78, 5) is 12.0. The van der Waals surface area contributed by atoms with E-state index in [0.29, 0.717) is 0 Å². The number of amides is 1. The van der Waals surface area contributed by atoms with E-state index in [-0.39, 0.29) is 23.3 Å². The van der Waals surface area contributed by atoms with Gasteiger partial charge in [0.15, 0.2) is 0 Å². The van der Waals surface area contributed by atoms with Crippen LogP contribution < -0.4 is 11.1 Å². The average molecular weight is 240 g/mol. The van der Waals surface area contributed by atoms with Crippen LogP contribution >= 0.6 is 0 Å². The van der Waals surface area contributed by atoms with Crippen molar-refractivity contribution in [1.82, 2.24) is 5.32 Å². The van der Waals surface area contributed by atoms with Crippen LogP contribution in [0.3, 0.4) is 0 Å². The summed E-state index contributed by atoms with van der Waals surface area (Å²) in [7, 11) is 0. The van der Waals surface area contributed by atoms with Crippen molar-refractivity contribution in [2.24, 2.45) is 17.1 Å². The van der Waals surface area contributed by atoms with Gasteiger partial charge in [-0.15, -0.1) is 0 Å². The Labute approximate surface area is 106 Å². The highest BCUT2D eigenvalue weighted by Crippen LogP contribution is 2.30. The second kappa shape index (κ2) is 6.39. The fourth-order valence-corrected chi connectivity index (χ4v) is 2.80. The summed E-state index contributed by atoms with van der Waals surface area (Å²) in [6, 6.07) is 0.235. The van der Waals surface area contributed by atoms with Crippen molar-refractivity contribution in [3.63, 3.8) is 0 Å². The highest BCUT2D eigenvalue weighted by molar-refractivity contribution is 5.79. The summed E-state index contributed by atoms with van der Waals surface area (Å²) in [5.74, 6) is 0.381. The lowest BCUT2D eigenvalue weighted by molar-refractivity contribution is -0.125. The van der Waals surface area contributed by atoms with Gasteiger partial charge in [-0.3, -0.25) is 4.79 Å². The molecule has 100 valence electrons. The van der Waals surface area contributed by atoms with Crippen molar-refractivity contribution >= 4 is 5.91 Å². The first-order chi connectivity index (χ1) is 8.06. The van der Waals surface area contributed by atoms with Crippen LogP contribution in [-0.2, 0) is 4.79 Å². The SMILES string of the molecule is CCC(CC)(CC)CNC(=O)C1CCC(N)C1. The van der Waals surface area contributed by atoms with Gasteiger partial charge in [-0.05, 0) is 43.9 Å². The Morgan fingerprint density at radius 2 is 1.82 bits per heavy atom. The molecule has 3 nitrogen and oxygen atoms in total. The van der Waals surface area contributed by atoms with Crippen LogP contribution in [0.1, 0.15) is 59.3 Å². The molecule has 1 rings (SSSR count). The van der Waals surface area contributed by atoms with Crippen molar-refractivity contribution in [2.75, 3.05) is 6.54 Å². The number of carbonyl (C=O) groups excluding carboxylic acids is 1. The van der Waals surface area contributed by atoms with Crippen molar-refractivity contribution in [3.8, 4) is 0 Å². The Hall–Kier alpha value is -0.570. The quantitative estimate of drug-likeness (QED) is 0.749. The molecule has 0 aromatic rings. The van der Waals surface area contributed by atoms with Gasteiger partial charge in [0.05, 0.1) is 0 Å². The third-order valence-electron chi connectivity index (χ3n) is 4.73. The zero-order valence-electron chi connectivity index (χ0n) is 11.6. The highest BCUT2D eigenvalue weighted by Gasteiger charge is 2.30. The Kier molecular flexibility index (Phi) is 5.44. The zero-order chi connectivity index (χ0) is 12.9. The predicted molar refractivity (Wildman–Crippen MR) is 71.6 cm³/mol. The lowest BCUT2D eigenvalue weighted by Crippen LogP contribution is -2.39. The van der Waals surface area contributed by atoms with Gasteiger partial charge in [0.25, 0.3) is 0 Å². The fraction of sp³-hybridized carbons (Fsp3) is 0.929. The lowest BCUT2D eigenvalue weighted by Gasteiger charge is -2.31. The van der Waals surface area contributed by atoms with Gasteiger partial charge in [-0.25, -0.2) is 0 Å². The van der Waals surface area contributed by atoms with Crippen molar-refractivity contribution in [1.29, 1.82) is 0 Å². The van der Waals surface area contributed by atoms with E-state index in [1.54, 1.807) is 0 Å². The van der Waals surface area contributed by atoms with Crippen LogP contribution in [0.5, 0.6) is 0 Å². The first kappa shape index (κ1) is 14.5. The molecule has 3 heteroatoms. The Morgan fingerprint density at radius 1 is 1.24 bits per heavy atom. The van der Waals surface area contributed by atoms with E-state index < -0.39 is 0 Å². The van der Waals surface area contributed by atoms with E-state index in [1.165, 1.54) is 0 Å². The first-order valence-corrected chi connectivity index (χ1v) is 7.10. The van der Waals surface area contributed by atoms with Crippen molar-refractivity contribution in [3.05, 3.63) is 0 Å². The molecule has 2 unspecified atom stereocenters. The summed E-state index contributed by atoms with van der Waals surface area (Å²) >= 11 is 0. The molecule has 0 bridgehead atoms. The normalized spacial score (nSPS) is 24.9. The highest BCUT2D eigenvalue weighted by atomic mass is 16.1. The molecule has 3 N–H and O–H groups in total. The van der Waals surface area contributed by atoms with Crippen LogP contribution in [0.2, 0.25) is 0 Å². The smallest absolute Gasteiger partial charge is 0.223 e. The van der Waals surface area contributed by atoms with Gasteiger partial charge in [0, 0.05) is 18.5 Å². The summed E-state index contributed by atoms with van der Waals surface area (Å²) in [6.45, 7) is 7.46. The molecule has 0 saturated heterocycles. The molecular formula is C14H28N2O. The molecule has 0 radical (unpaired) electrons. The molecule has 1 aliphatic carbocycles. The van der Waals surface area contributed by atoms with E-state index in [9.17, 15) is 4.79 Å². The predicted octanol–water partition coefficient (Wildman–Crippen LogP) is 2.45. The average Bonchev–Trinajstić information content (AvgIpc) is 2.78. The molecule has 0 aliphatic heterocycles. The maximum atomic E-state index is 12.0. The Bertz CT molecular complexity index is 240. The third kappa shape index (κ3) is 3.70. The molecule has 1 saturated carbocycles. The van der Waals surface area contributed by atoms with Crippen LogP contribution in [-0.4, -0.2) is 18.5 Å². The molecule has 0 aromatic carbocycles. The molecule has 0 heterocycles. The fourth-order valence-electron chi connectivity index (χ4n) is 2.80. The van der Waals surface area contributed by atoms with Crippen LogP contribution in [0.15, 0.2) is 0 Å². The minimum atomic E-state index is 0.160. The molecule has 1 amide bonds. The Morgan fingerprint density at radius 3 is 2.24 bits per heavy atom. The van der Waals surface area contributed by atoms with E-state index in [4.69, 9.17) is 5.73 Å². The maximum Gasteiger partial charge on any atom is 0.223 e. The number of hydrogen-bond acceptors (Lipinski definition) is 2. The van der Waals surface area contributed by atoms with Crippen LogP contribution in [0, 0.1) is 11.3 Å². The number of nitrogens with two attached hydrogens (primary N) is 1. The zero-order valence-corrected chi connectivity index (χ0v) is 11.6. The third-order valence-corrected chi connectivity index (χ3v) is 4.73. The second-order valence-corrected chi connectivity index (χ2v) is 5.55. The topological polar surface area (TPSA) is 55.1 Å². The van der Waals surface area contributed by atoms with E-state index >= 15 is 0 Å². The standard InChI is InChI=1S/C14H28N2O/c1-4-14(5-2,6-3)10-16-13(17)11-7-8-12(15)9-11/h11-12H,4-10,15H2,1-3H3,(H,16,17). The minimum absolute atomic E-state index is 0.160. The van der Waals surface area contributed by atoms with Gasteiger partial charge >= 0.3 is 0 Å². The second-order valence-electron chi connectivity index (χ2n) is 5.55. The minimum Gasteiger partial charge on any atom is -0.355 e. The number of hydrogen-bond donors (Lipinski definition) is 2. The molecule has 17 heavy (non-hydrogen) atoms. The molecule has 0 spiro atoms. The largest absolute Gasteiger partial charge is 0.355 e. The van der Waals surface area contributed by atoms with E-state index in [2.05, 4.69) is 26.1 Å². The molecule has 1 fully saturated rings. The van der Waals surface area contributed by atoms with Gasteiger partial charge in [0.2, 0.25) is 5.91 Å². The molecule has 0 aromatic heterocycles. The van der Waals surface area contributed by atoms with Crippen LogP contribution in [0.25, 0.3) is 0 Å². The Balaban J connectivity index is 2.41. The number of rotatable bonds is 6. The summed E-state index contributed by atoms with van der Waals surface area (Å²) in [6.07, 6.45) is 6.21. The monoisotopic (exact) mass is 240 g/mol. The molecule has 2 atom stereocenters. The van der Waals surface area contributed by atoms with E-state index in [0.717, 1.165) is 45.1 Å². The molecule has 1 aliphatic rings. The van der Waals surface area contributed by atoms with Crippen molar-refractivity contribution < 1.29 is 4.79 Å².